The fraction of sp³-hybridized carbons (Fsp3) is 0.0769. The molecular formula is C13H7BrFI. The van der Waals surface area contributed by atoms with Crippen LogP contribution in [0.1, 0.15) is 17.3 Å². The molecule has 0 saturated carbocycles. The van der Waals surface area contributed by atoms with Crippen LogP contribution in [0.2, 0.25) is 0 Å². The molecule has 0 aromatic heterocycles. The van der Waals surface area contributed by atoms with E-state index in [0.717, 1.165) is 30.3 Å². The van der Waals surface area contributed by atoms with Gasteiger partial charge in [0.15, 0.2) is 6.17 Å². The summed E-state index contributed by atoms with van der Waals surface area (Å²) in [7, 11) is 0. The van der Waals surface area contributed by atoms with Crippen LogP contribution < -0.4 is 0 Å². The van der Waals surface area contributed by atoms with E-state index in [1.54, 1.807) is 0 Å². The number of hydrogen-bond donors (Lipinski definition) is 0. The maximum Gasteiger partial charge on any atom is 0.152 e. The monoisotopic (exact) mass is 388 g/mol. The molecule has 3 rings (SSSR count). The molecule has 2 aromatic carbocycles. The molecule has 0 N–H and O–H groups in total. The van der Waals surface area contributed by atoms with Gasteiger partial charge in [0.2, 0.25) is 0 Å². The molecule has 2 aromatic rings. The van der Waals surface area contributed by atoms with Crippen molar-refractivity contribution in [3.05, 3.63) is 55.6 Å². The van der Waals surface area contributed by atoms with Gasteiger partial charge in [0.25, 0.3) is 0 Å². The molecule has 80 valence electrons. The molecule has 3 heteroatoms. The van der Waals surface area contributed by atoms with Crippen molar-refractivity contribution in [2.45, 2.75) is 6.17 Å². The fourth-order valence-electron chi connectivity index (χ4n) is 2.14. The number of benzene rings is 2. The second-order valence-corrected chi connectivity index (χ2v) is 5.99. The first-order chi connectivity index (χ1) is 7.66. The average Bonchev–Trinajstić information content (AvgIpc) is 2.53. The van der Waals surface area contributed by atoms with Gasteiger partial charge in [0.05, 0.1) is 0 Å². The molecule has 0 bridgehead atoms. The first kappa shape index (κ1) is 10.7. The summed E-state index contributed by atoms with van der Waals surface area (Å²) in [5, 5.41) is 0. The number of fused-ring (bicyclic) bond motifs is 3. The average molecular weight is 389 g/mol. The molecule has 0 radical (unpaired) electrons. The summed E-state index contributed by atoms with van der Waals surface area (Å²) < 4.78 is 16.2. The van der Waals surface area contributed by atoms with Gasteiger partial charge in [-0.25, -0.2) is 4.39 Å². The standard InChI is InChI=1S/C13H7BrFI/c14-7-1-3-9-10-4-2-8(16)6-12(10)13(15)11(9)5-7/h1-6,13H. The lowest BCUT2D eigenvalue weighted by molar-refractivity contribution is 0.409. The Hall–Kier alpha value is -0.420. The van der Waals surface area contributed by atoms with Crippen LogP contribution in [0.25, 0.3) is 11.1 Å². The van der Waals surface area contributed by atoms with Gasteiger partial charge in [0.1, 0.15) is 0 Å². The smallest absolute Gasteiger partial charge is 0.152 e. The second kappa shape index (κ2) is 3.81. The predicted molar refractivity (Wildman–Crippen MR) is 75.2 cm³/mol. The number of hydrogen-bond acceptors (Lipinski definition) is 0. The van der Waals surface area contributed by atoms with Crippen molar-refractivity contribution in [1.82, 2.24) is 0 Å². The minimum Gasteiger partial charge on any atom is -0.237 e. The quantitative estimate of drug-likeness (QED) is 0.551. The summed E-state index contributed by atoms with van der Waals surface area (Å²) in [4.78, 5) is 0. The summed E-state index contributed by atoms with van der Waals surface area (Å²) >= 11 is 5.60. The van der Waals surface area contributed by atoms with E-state index in [1.165, 1.54) is 0 Å². The van der Waals surface area contributed by atoms with Crippen LogP contribution in [0, 0.1) is 3.57 Å². The van der Waals surface area contributed by atoms with E-state index < -0.39 is 6.17 Å². The van der Waals surface area contributed by atoms with Gasteiger partial charge in [-0.05, 0) is 69.1 Å². The maximum atomic E-state index is 14.2. The Kier molecular flexibility index (Phi) is 2.55. The normalized spacial score (nSPS) is 17.1. The van der Waals surface area contributed by atoms with Gasteiger partial charge in [-0.1, -0.05) is 28.1 Å². The minimum absolute atomic E-state index is 0.770. The van der Waals surface area contributed by atoms with E-state index in [1.807, 2.05) is 36.4 Å². The van der Waals surface area contributed by atoms with E-state index in [-0.39, 0.29) is 0 Å². The Labute approximate surface area is 115 Å². The second-order valence-electron chi connectivity index (χ2n) is 3.83. The first-order valence-corrected chi connectivity index (χ1v) is 6.77. The lowest BCUT2D eigenvalue weighted by Gasteiger charge is -2.02. The van der Waals surface area contributed by atoms with Crippen LogP contribution in [0.5, 0.6) is 0 Å². The minimum atomic E-state index is -0.989. The number of alkyl halides is 1. The predicted octanol–water partition coefficient (Wildman–Crippen LogP) is 5.09. The molecule has 0 fully saturated rings. The zero-order valence-corrected chi connectivity index (χ0v) is 11.9. The molecule has 1 aliphatic rings. The summed E-state index contributed by atoms with van der Waals surface area (Å²) in [5.41, 5.74) is 3.60. The van der Waals surface area contributed by atoms with Gasteiger partial charge in [-0.3, -0.25) is 0 Å². The molecular weight excluding hydrogens is 382 g/mol. The fourth-order valence-corrected chi connectivity index (χ4v) is 3.04. The molecule has 1 unspecified atom stereocenters. The molecule has 0 amide bonds. The van der Waals surface area contributed by atoms with Gasteiger partial charge in [-0.2, -0.15) is 0 Å². The van der Waals surface area contributed by atoms with E-state index in [2.05, 4.69) is 38.5 Å². The van der Waals surface area contributed by atoms with Crippen LogP contribution >= 0.6 is 38.5 Å². The Bertz CT molecular complexity index is 529. The third kappa shape index (κ3) is 1.52. The van der Waals surface area contributed by atoms with Crippen molar-refractivity contribution in [1.29, 1.82) is 0 Å². The molecule has 0 aliphatic heterocycles. The van der Waals surface area contributed by atoms with E-state index in [9.17, 15) is 4.39 Å². The van der Waals surface area contributed by atoms with E-state index in [4.69, 9.17) is 0 Å². The molecule has 16 heavy (non-hydrogen) atoms. The van der Waals surface area contributed by atoms with Gasteiger partial charge < -0.3 is 0 Å². The highest BCUT2D eigenvalue weighted by molar-refractivity contribution is 14.1. The van der Waals surface area contributed by atoms with Crippen LogP contribution in [0.3, 0.4) is 0 Å². The van der Waals surface area contributed by atoms with Crippen molar-refractivity contribution in [2.75, 3.05) is 0 Å². The zero-order valence-electron chi connectivity index (χ0n) is 8.18. The summed E-state index contributed by atoms with van der Waals surface area (Å²) in [6.45, 7) is 0. The highest BCUT2D eigenvalue weighted by Gasteiger charge is 2.28. The Morgan fingerprint density at radius 3 is 2.38 bits per heavy atom. The van der Waals surface area contributed by atoms with Crippen LogP contribution in [0.15, 0.2) is 40.9 Å². The maximum absolute atomic E-state index is 14.2. The highest BCUT2D eigenvalue weighted by Crippen LogP contribution is 2.46. The molecule has 0 nitrogen and oxygen atoms in total. The lowest BCUT2D eigenvalue weighted by atomic mass is 10.1. The molecule has 0 spiro atoms. The number of halogens is 3. The van der Waals surface area contributed by atoms with E-state index >= 15 is 0 Å². The molecule has 1 aliphatic carbocycles. The van der Waals surface area contributed by atoms with Crippen molar-refractivity contribution < 1.29 is 4.39 Å². The van der Waals surface area contributed by atoms with Gasteiger partial charge in [-0.15, -0.1) is 0 Å². The largest absolute Gasteiger partial charge is 0.237 e. The SMILES string of the molecule is FC1c2cc(Br)ccc2-c2ccc(I)cc21. The Morgan fingerprint density at radius 1 is 1.00 bits per heavy atom. The summed E-state index contributed by atoms with van der Waals surface area (Å²) in [5.74, 6) is 0. The lowest BCUT2D eigenvalue weighted by Crippen LogP contribution is -1.88. The summed E-state index contributed by atoms with van der Waals surface area (Å²) in [6, 6.07) is 11.7. The van der Waals surface area contributed by atoms with Gasteiger partial charge in [0, 0.05) is 8.04 Å². The third-order valence-electron chi connectivity index (χ3n) is 2.86. The van der Waals surface area contributed by atoms with Crippen LogP contribution in [-0.4, -0.2) is 0 Å². The number of rotatable bonds is 0. The van der Waals surface area contributed by atoms with E-state index in [0.29, 0.717) is 0 Å². The summed E-state index contributed by atoms with van der Waals surface area (Å²) in [6.07, 6.45) is -0.989. The zero-order chi connectivity index (χ0) is 11.3. The highest BCUT2D eigenvalue weighted by atomic mass is 127. The van der Waals surface area contributed by atoms with Crippen molar-refractivity contribution >= 4 is 38.5 Å². The Morgan fingerprint density at radius 2 is 1.62 bits per heavy atom. The Balaban J connectivity index is 2.30. The van der Waals surface area contributed by atoms with Crippen LogP contribution in [0.4, 0.5) is 4.39 Å². The van der Waals surface area contributed by atoms with Crippen molar-refractivity contribution in [3.8, 4) is 11.1 Å². The first-order valence-electron chi connectivity index (χ1n) is 4.90. The molecule has 0 heterocycles. The molecule has 0 saturated heterocycles. The molecule has 1 atom stereocenters. The van der Waals surface area contributed by atoms with Crippen molar-refractivity contribution in [3.63, 3.8) is 0 Å². The van der Waals surface area contributed by atoms with Crippen LogP contribution in [-0.2, 0) is 0 Å². The topological polar surface area (TPSA) is 0 Å². The van der Waals surface area contributed by atoms with Crippen molar-refractivity contribution in [2.24, 2.45) is 0 Å². The van der Waals surface area contributed by atoms with Gasteiger partial charge >= 0.3 is 0 Å². The third-order valence-corrected chi connectivity index (χ3v) is 4.03.